The summed E-state index contributed by atoms with van der Waals surface area (Å²) in [6.45, 7) is 0.579. The van der Waals surface area contributed by atoms with E-state index < -0.39 is 5.97 Å². The first-order valence-electron chi connectivity index (χ1n) is 3.76. The number of carboxylic acids is 1. The van der Waals surface area contributed by atoms with Crippen molar-refractivity contribution in [1.82, 2.24) is 4.98 Å². The summed E-state index contributed by atoms with van der Waals surface area (Å²) in [6.07, 6.45) is 1.49. The van der Waals surface area contributed by atoms with Gasteiger partial charge in [0.25, 0.3) is 0 Å². The average Bonchev–Trinajstić information content (AvgIpc) is 2.15. The molecule has 0 fully saturated rings. The Morgan fingerprint density at radius 2 is 2.46 bits per heavy atom. The van der Waals surface area contributed by atoms with Gasteiger partial charge in [-0.3, -0.25) is 0 Å². The summed E-state index contributed by atoms with van der Waals surface area (Å²) < 4.78 is 0. The molecule has 1 aromatic rings. The molecule has 0 radical (unpaired) electrons. The van der Waals surface area contributed by atoms with Crippen molar-refractivity contribution < 1.29 is 9.90 Å². The fraction of sp³-hybridized carbons (Fsp3) is 0.250. The minimum Gasteiger partial charge on any atom is -0.477 e. The number of aromatic carboxylic acids is 1. The zero-order valence-corrected chi connectivity index (χ0v) is 7.75. The molecule has 1 rings (SSSR count). The molecule has 4 nitrogen and oxygen atoms in total. The van der Waals surface area contributed by atoms with E-state index in [2.05, 4.69) is 4.98 Å². The number of nitrogens with zero attached hydrogens (tertiary/aromatic N) is 1. The van der Waals surface area contributed by atoms with Crippen LogP contribution in [0.4, 0.5) is 0 Å². The number of pyridine rings is 1. The third-order valence-corrected chi connectivity index (χ3v) is 2.36. The van der Waals surface area contributed by atoms with Gasteiger partial charge < -0.3 is 10.8 Å². The van der Waals surface area contributed by atoms with E-state index in [4.69, 9.17) is 10.8 Å². The molecule has 0 spiro atoms. The molecular formula is C8H10N2O2S. The number of hydrogen-bond acceptors (Lipinski definition) is 4. The maximum absolute atomic E-state index is 10.5. The predicted octanol–water partition coefficient (Wildman–Crippen LogP) is 0.831. The van der Waals surface area contributed by atoms with Crippen LogP contribution < -0.4 is 5.73 Å². The lowest BCUT2D eigenvalue weighted by Gasteiger charge is -1.99. The van der Waals surface area contributed by atoms with Crippen LogP contribution >= 0.6 is 11.8 Å². The summed E-state index contributed by atoms with van der Waals surface area (Å²) in [5, 5.41) is 8.64. The second-order valence-corrected chi connectivity index (χ2v) is 3.49. The van der Waals surface area contributed by atoms with Crippen LogP contribution in [0.25, 0.3) is 0 Å². The van der Waals surface area contributed by atoms with Crippen molar-refractivity contribution in [2.24, 2.45) is 5.73 Å². The van der Waals surface area contributed by atoms with Gasteiger partial charge in [-0.25, -0.2) is 9.78 Å². The van der Waals surface area contributed by atoms with Crippen LogP contribution in [0.1, 0.15) is 10.5 Å². The first-order valence-corrected chi connectivity index (χ1v) is 4.75. The van der Waals surface area contributed by atoms with Crippen LogP contribution in [0.5, 0.6) is 0 Å². The van der Waals surface area contributed by atoms with Gasteiger partial charge in [-0.05, 0) is 12.1 Å². The summed E-state index contributed by atoms with van der Waals surface area (Å²) in [6, 6.07) is 3.31. The van der Waals surface area contributed by atoms with Gasteiger partial charge in [0.05, 0.1) is 0 Å². The molecule has 0 aromatic carbocycles. The third-order valence-electron chi connectivity index (χ3n) is 1.34. The molecule has 0 saturated heterocycles. The van der Waals surface area contributed by atoms with Crippen molar-refractivity contribution in [2.75, 3.05) is 12.3 Å². The first kappa shape index (κ1) is 10.0. The Morgan fingerprint density at radius 3 is 3.08 bits per heavy atom. The molecule has 0 amide bonds. The summed E-state index contributed by atoms with van der Waals surface area (Å²) >= 11 is 1.52. The van der Waals surface area contributed by atoms with Crippen molar-refractivity contribution in [2.45, 2.75) is 4.90 Å². The van der Waals surface area contributed by atoms with Gasteiger partial charge in [-0.15, -0.1) is 11.8 Å². The first-order chi connectivity index (χ1) is 6.24. The molecule has 13 heavy (non-hydrogen) atoms. The molecule has 0 saturated carbocycles. The molecule has 1 aromatic heterocycles. The van der Waals surface area contributed by atoms with Crippen molar-refractivity contribution in [3.05, 3.63) is 24.0 Å². The Morgan fingerprint density at radius 1 is 1.69 bits per heavy atom. The minimum absolute atomic E-state index is 0.0713. The largest absolute Gasteiger partial charge is 0.477 e. The number of carboxylic acid groups (broad SMARTS) is 1. The smallest absolute Gasteiger partial charge is 0.354 e. The van der Waals surface area contributed by atoms with Crippen LogP contribution in [-0.2, 0) is 0 Å². The normalized spacial score (nSPS) is 9.92. The second-order valence-electron chi connectivity index (χ2n) is 2.32. The van der Waals surface area contributed by atoms with Gasteiger partial charge in [0.2, 0.25) is 0 Å². The van der Waals surface area contributed by atoms with E-state index in [-0.39, 0.29) is 5.69 Å². The van der Waals surface area contributed by atoms with Crippen LogP contribution in [0.2, 0.25) is 0 Å². The number of rotatable bonds is 4. The topological polar surface area (TPSA) is 76.2 Å². The maximum Gasteiger partial charge on any atom is 0.354 e. The van der Waals surface area contributed by atoms with Gasteiger partial charge in [0.1, 0.15) is 5.69 Å². The number of hydrogen-bond donors (Lipinski definition) is 2. The number of thioether (sulfide) groups is 1. The molecule has 5 heteroatoms. The fourth-order valence-corrected chi connectivity index (χ4v) is 1.50. The molecule has 0 aliphatic rings. The van der Waals surface area contributed by atoms with Crippen molar-refractivity contribution in [3.63, 3.8) is 0 Å². The van der Waals surface area contributed by atoms with Gasteiger partial charge >= 0.3 is 5.97 Å². The van der Waals surface area contributed by atoms with Crippen LogP contribution in [0.3, 0.4) is 0 Å². The number of nitrogens with two attached hydrogens (primary N) is 1. The maximum atomic E-state index is 10.5. The SMILES string of the molecule is NCCSc1ccnc(C(=O)O)c1. The summed E-state index contributed by atoms with van der Waals surface area (Å²) in [5.74, 6) is -0.224. The van der Waals surface area contributed by atoms with Gasteiger partial charge in [-0.1, -0.05) is 0 Å². The fourth-order valence-electron chi connectivity index (χ4n) is 0.795. The summed E-state index contributed by atoms with van der Waals surface area (Å²) in [5.41, 5.74) is 5.39. The summed E-state index contributed by atoms with van der Waals surface area (Å²) in [4.78, 5) is 15.1. The zero-order chi connectivity index (χ0) is 9.68. The minimum atomic E-state index is -1.00. The van der Waals surface area contributed by atoms with E-state index in [1.54, 1.807) is 12.1 Å². The van der Waals surface area contributed by atoms with E-state index in [1.165, 1.54) is 18.0 Å². The number of carbonyl (C=O) groups is 1. The van der Waals surface area contributed by atoms with E-state index >= 15 is 0 Å². The molecule has 0 unspecified atom stereocenters. The lowest BCUT2D eigenvalue weighted by molar-refractivity contribution is 0.0690. The molecule has 70 valence electrons. The van der Waals surface area contributed by atoms with Crippen molar-refractivity contribution in [3.8, 4) is 0 Å². The average molecular weight is 198 g/mol. The van der Waals surface area contributed by atoms with Gasteiger partial charge in [0, 0.05) is 23.4 Å². The molecule has 3 N–H and O–H groups in total. The van der Waals surface area contributed by atoms with Gasteiger partial charge in [0.15, 0.2) is 0 Å². The Labute approximate surface area is 80.2 Å². The van der Waals surface area contributed by atoms with E-state index in [1.807, 2.05) is 0 Å². The van der Waals surface area contributed by atoms with E-state index in [0.29, 0.717) is 6.54 Å². The predicted molar refractivity (Wildman–Crippen MR) is 51.0 cm³/mol. The molecule has 1 heterocycles. The number of aromatic nitrogens is 1. The molecule has 0 aliphatic heterocycles. The highest BCUT2D eigenvalue weighted by Gasteiger charge is 2.04. The summed E-state index contributed by atoms with van der Waals surface area (Å²) in [7, 11) is 0. The van der Waals surface area contributed by atoms with E-state index in [0.717, 1.165) is 10.6 Å². The molecular weight excluding hydrogens is 188 g/mol. The van der Waals surface area contributed by atoms with Crippen molar-refractivity contribution >= 4 is 17.7 Å². The lowest BCUT2D eigenvalue weighted by Crippen LogP contribution is -2.02. The quantitative estimate of drug-likeness (QED) is 0.701. The highest BCUT2D eigenvalue weighted by molar-refractivity contribution is 7.99. The lowest BCUT2D eigenvalue weighted by atomic mass is 10.3. The Kier molecular flexibility index (Phi) is 3.72. The van der Waals surface area contributed by atoms with E-state index in [9.17, 15) is 4.79 Å². The van der Waals surface area contributed by atoms with Crippen molar-refractivity contribution in [1.29, 1.82) is 0 Å². The van der Waals surface area contributed by atoms with Crippen LogP contribution in [0, 0.1) is 0 Å². The monoisotopic (exact) mass is 198 g/mol. The van der Waals surface area contributed by atoms with Crippen LogP contribution in [0.15, 0.2) is 23.2 Å². The molecule has 0 atom stereocenters. The Balaban J connectivity index is 2.73. The second kappa shape index (κ2) is 4.84. The van der Waals surface area contributed by atoms with Gasteiger partial charge in [-0.2, -0.15) is 0 Å². The molecule has 0 aliphatic carbocycles. The van der Waals surface area contributed by atoms with Crippen LogP contribution in [-0.4, -0.2) is 28.4 Å². The highest BCUT2D eigenvalue weighted by Crippen LogP contribution is 2.16. The third kappa shape index (κ3) is 3.04. The standard InChI is InChI=1S/C8H10N2O2S/c9-2-4-13-6-1-3-10-7(5-6)8(11)12/h1,3,5H,2,4,9H2,(H,11,12). The molecule has 0 bridgehead atoms. The highest BCUT2D eigenvalue weighted by atomic mass is 32.2. The Bertz CT molecular complexity index is 304. The zero-order valence-electron chi connectivity index (χ0n) is 6.93. The Hall–Kier alpha value is -1.07.